The van der Waals surface area contributed by atoms with E-state index in [9.17, 15) is 0 Å². The van der Waals surface area contributed by atoms with Gasteiger partial charge in [-0.3, -0.25) is 0 Å². The lowest BCUT2D eigenvalue weighted by Gasteiger charge is -2.20. The minimum absolute atomic E-state index is 0.0650. The van der Waals surface area contributed by atoms with Gasteiger partial charge in [0.2, 0.25) is 0 Å². The molecule has 1 heterocycles. The number of hydrogen-bond donors (Lipinski definition) is 1. The Labute approximate surface area is 118 Å². The molecule has 0 aliphatic rings. The summed E-state index contributed by atoms with van der Waals surface area (Å²) in [6, 6.07) is 3.77. The van der Waals surface area contributed by atoms with Crippen LogP contribution in [0.3, 0.4) is 0 Å². The summed E-state index contributed by atoms with van der Waals surface area (Å²) in [6.07, 6.45) is -0.106. The quantitative estimate of drug-likeness (QED) is 0.746. The molecular weight excluding hydrogens is 270 g/mol. The van der Waals surface area contributed by atoms with Gasteiger partial charge in [-0.05, 0) is 25.0 Å². The van der Waals surface area contributed by atoms with Crippen LogP contribution in [-0.2, 0) is 9.47 Å². The van der Waals surface area contributed by atoms with Gasteiger partial charge in [-0.25, -0.2) is 0 Å². The van der Waals surface area contributed by atoms with E-state index in [1.807, 2.05) is 19.1 Å². The Morgan fingerprint density at radius 1 is 1.28 bits per heavy atom. The molecule has 0 radical (unpaired) electrons. The summed E-state index contributed by atoms with van der Waals surface area (Å²) in [4.78, 5) is 1.07. The molecule has 0 aliphatic carbocycles. The minimum atomic E-state index is -0.106. The Kier molecular flexibility index (Phi) is 7.19. The van der Waals surface area contributed by atoms with E-state index < -0.39 is 0 Å². The van der Waals surface area contributed by atoms with Crippen LogP contribution in [0.1, 0.15) is 31.8 Å². The van der Waals surface area contributed by atoms with E-state index in [0.29, 0.717) is 19.1 Å². The molecule has 3 nitrogen and oxygen atoms in total. The minimum Gasteiger partial charge on any atom is -0.379 e. The van der Waals surface area contributed by atoms with E-state index in [0.717, 1.165) is 15.8 Å². The van der Waals surface area contributed by atoms with Crippen LogP contribution in [0.4, 0.5) is 0 Å². The van der Waals surface area contributed by atoms with E-state index in [2.05, 4.69) is 13.8 Å². The van der Waals surface area contributed by atoms with Crippen molar-refractivity contribution in [1.82, 2.24) is 0 Å². The Balaban J connectivity index is 2.35. The number of ether oxygens (including phenoxy) is 2. The van der Waals surface area contributed by atoms with Gasteiger partial charge in [0.1, 0.15) is 6.10 Å². The number of halogens is 1. The third-order valence-electron chi connectivity index (χ3n) is 2.33. The van der Waals surface area contributed by atoms with Gasteiger partial charge in [0, 0.05) is 17.5 Å². The second kappa shape index (κ2) is 8.12. The molecule has 0 fully saturated rings. The molecule has 1 rings (SSSR count). The second-order valence-corrected chi connectivity index (χ2v) is 6.51. The smallest absolute Gasteiger partial charge is 0.107 e. The molecule has 0 bridgehead atoms. The predicted octanol–water partition coefficient (Wildman–Crippen LogP) is 3.48. The van der Waals surface area contributed by atoms with Crippen LogP contribution in [0, 0.1) is 5.92 Å². The Morgan fingerprint density at radius 2 is 2.00 bits per heavy atom. The van der Waals surface area contributed by atoms with Crippen molar-refractivity contribution in [2.75, 3.05) is 19.8 Å². The lowest BCUT2D eigenvalue weighted by molar-refractivity contribution is -0.00814. The van der Waals surface area contributed by atoms with Crippen LogP contribution < -0.4 is 5.73 Å². The SMILES string of the molecule is CC(C)COCCOC(c1ccc(Cl)s1)C(C)N. The summed E-state index contributed by atoms with van der Waals surface area (Å²) in [7, 11) is 0. The van der Waals surface area contributed by atoms with Crippen LogP contribution >= 0.6 is 22.9 Å². The standard InChI is InChI=1S/C13H22ClNO2S/c1-9(2)8-16-6-7-17-13(10(3)15)11-4-5-12(14)18-11/h4-5,9-10,13H,6-8,15H2,1-3H3. The van der Waals surface area contributed by atoms with Gasteiger partial charge in [0.25, 0.3) is 0 Å². The van der Waals surface area contributed by atoms with Crippen LogP contribution in [0.2, 0.25) is 4.34 Å². The van der Waals surface area contributed by atoms with Gasteiger partial charge >= 0.3 is 0 Å². The molecular formula is C13H22ClNO2S. The van der Waals surface area contributed by atoms with Gasteiger partial charge in [-0.2, -0.15) is 0 Å². The number of hydrogen-bond acceptors (Lipinski definition) is 4. The summed E-state index contributed by atoms with van der Waals surface area (Å²) >= 11 is 7.44. The van der Waals surface area contributed by atoms with Gasteiger partial charge in [-0.15, -0.1) is 11.3 Å². The monoisotopic (exact) mass is 291 g/mol. The number of thiophene rings is 1. The maximum atomic E-state index is 5.94. The molecule has 0 spiro atoms. The molecule has 2 atom stereocenters. The molecule has 0 saturated heterocycles. The van der Waals surface area contributed by atoms with Gasteiger partial charge in [-0.1, -0.05) is 25.4 Å². The fraction of sp³-hybridized carbons (Fsp3) is 0.692. The van der Waals surface area contributed by atoms with Crippen molar-refractivity contribution in [2.45, 2.75) is 32.9 Å². The zero-order valence-corrected chi connectivity index (χ0v) is 12.8. The highest BCUT2D eigenvalue weighted by Crippen LogP contribution is 2.30. The maximum absolute atomic E-state index is 5.94. The average Bonchev–Trinajstić information content (AvgIpc) is 2.69. The van der Waals surface area contributed by atoms with Crippen LogP contribution in [0.5, 0.6) is 0 Å². The number of nitrogens with two attached hydrogens (primary N) is 1. The number of rotatable bonds is 8. The molecule has 0 aliphatic heterocycles. The van der Waals surface area contributed by atoms with Crippen molar-refractivity contribution < 1.29 is 9.47 Å². The first-order valence-corrected chi connectivity index (χ1v) is 7.40. The molecule has 1 aromatic heterocycles. The van der Waals surface area contributed by atoms with E-state index in [4.69, 9.17) is 26.8 Å². The highest BCUT2D eigenvalue weighted by Gasteiger charge is 2.18. The first kappa shape index (κ1) is 15.9. The molecule has 2 unspecified atom stereocenters. The first-order chi connectivity index (χ1) is 8.50. The van der Waals surface area contributed by atoms with Crippen molar-refractivity contribution in [1.29, 1.82) is 0 Å². The van der Waals surface area contributed by atoms with E-state index in [1.54, 1.807) is 0 Å². The highest BCUT2D eigenvalue weighted by atomic mass is 35.5. The summed E-state index contributed by atoms with van der Waals surface area (Å²) in [5.74, 6) is 0.547. The topological polar surface area (TPSA) is 44.5 Å². The highest BCUT2D eigenvalue weighted by molar-refractivity contribution is 7.16. The normalized spacial score (nSPS) is 15.0. The molecule has 0 aromatic carbocycles. The predicted molar refractivity (Wildman–Crippen MR) is 77.3 cm³/mol. The van der Waals surface area contributed by atoms with Gasteiger partial charge in [0.05, 0.1) is 17.6 Å². The van der Waals surface area contributed by atoms with Crippen molar-refractivity contribution in [2.24, 2.45) is 11.7 Å². The Bertz CT molecular complexity index is 341. The maximum Gasteiger partial charge on any atom is 0.107 e. The van der Waals surface area contributed by atoms with Crippen molar-refractivity contribution in [3.63, 3.8) is 0 Å². The first-order valence-electron chi connectivity index (χ1n) is 6.21. The average molecular weight is 292 g/mol. The van der Waals surface area contributed by atoms with E-state index in [1.165, 1.54) is 11.3 Å². The molecule has 0 saturated carbocycles. The summed E-state index contributed by atoms with van der Waals surface area (Å²) in [6.45, 7) is 8.10. The molecule has 1 aromatic rings. The van der Waals surface area contributed by atoms with E-state index in [-0.39, 0.29) is 12.1 Å². The van der Waals surface area contributed by atoms with Crippen LogP contribution in [0.25, 0.3) is 0 Å². The molecule has 0 amide bonds. The lowest BCUT2D eigenvalue weighted by Crippen LogP contribution is -2.27. The molecule has 18 heavy (non-hydrogen) atoms. The summed E-state index contributed by atoms with van der Waals surface area (Å²) in [5.41, 5.74) is 5.94. The largest absolute Gasteiger partial charge is 0.379 e. The van der Waals surface area contributed by atoms with Crippen molar-refractivity contribution >= 4 is 22.9 Å². The second-order valence-electron chi connectivity index (χ2n) is 4.76. The van der Waals surface area contributed by atoms with Crippen molar-refractivity contribution in [3.8, 4) is 0 Å². The Morgan fingerprint density at radius 3 is 2.50 bits per heavy atom. The zero-order valence-electron chi connectivity index (χ0n) is 11.2. The fourth-order valence-corrected chi connectivity index (χ4v) is 2.75. The third-order valence-corrected chi connectivity index (χ3v) is 3.62. The molecule has 104 valence electrons. The van der Waals surface area contributed by atoms with Gasteiger partial charge in [0.15, 0.2) is 0 Å². The third kappa shape index (κ3) is 5.67. The molecule has 2 N–H and O–H groups in total. The van der Waals surface area contributed by atoms with Crippen molar-refractivity contribution in [3.05, 3.63) is 21.3 Å². The fourth-order valence-electron chi connectivity index (χ4n) is 1.53. The van der Waals surface area contributed by atoms with Crippen LogP contribution in [0.15, 0.2) is 12.1 Å². The van der Waals surface area contributed by atoms with Gasteiger partial charge < -0.3 is 15.2 Å². The molecule has 5 heteroatoms. The Hall–Kier alpha value is -0.130. The van der Waals surface area contributed by atoms with E-state index >= 15 is 0 Å². The lowest BCUT2D eigenvalue weighted by atomic mass is 10.1. The van der Waals surface area contributed by atoms with Crippen LogP contribution in [-0.4, -0.2) is 25.9 Å². The zero-order chi connectivity index (χ0) is 13.5. The summed E-state index contributed by atoms with van der Waals surface area (Å²) < 4.78 is 12.0. The summed E-state index contributed by atoms with van der Waals surface area (Å²) in [5, 5.41) is 0.